The van der Waals surface area contributed by atoms with E-state index < -0.39 is 16.0 Å². The van der Waals surface area contributed by atoms with Crippen molar-refractivity contribution in [1.82, 2.24) is 0 Å². The number of carbonyl (C=O) groups is 1. The van der Waals surface area contributed by atoms with Gasteiger partial charge in [0.1, 0.15) is 10.0 Å². The van der Waals surface area contributed by atoms with E-state index in [1.807, 2.05) is 52.9 Å². The third kappa shape index (κ3) is 2.68. The van der Waals surface area contributed by atoms with Gasteiger partial charge in [0.2, 0.25) is 0 Å². The Labute approximate surface area is 96.2 Å². The highest BCUT2D eigenvalue weighted by Gasteiger charge is 2.26. The number of aliphatic carboxylic acids is 1. The Morgan fingerprint density at radius 2 is 2.00 bits per heavy atom. The van der Waals surface area contributed by atoms with Crippen LogP contribution in [0.3, 0.4) is 0 Å². The predicted molar refractivity (Wildman–Crippen MR) is 61.6 cm³/mol. The number of halogens is 1. The number of carboxylic acids is 1. The van der Waals surface area contributed by atoms with E-state index in [2.05, 4.69) is 0 Å². The van der Waals surface area contributed by atoms with Crippen molar-refractivity contribution in [3.05, 3.63) is 35.9 Å². The van der Waals surface area contributed by atoms with Crippen molar-refractivity contribution in [2.45, 2.75) is 10.0 Å². The van der Waals surface area contributed by atoms with Crippen LogP contribution in [0.2, 0.25) is 0 Å². The Kier molecular flexibility index (Phi) is 4.34. The zero-order chi connectivity index (χ0) is 10.6. The summed E-state index contributed by atoms with van der Waals surface area (Å²) in [6.45, 7) is 0. The molecule has 2 unspecified atom stereocenters. The first kappa shape index (κ1) is 11.5. The average molecular weight is 306 g/mol. The lowest BCUT2D eigenvalue weighted by Crippen LogP contribution is -2.23. The summed E-state index contributed by atoms with van der Waals surface area (Å²) in [6.07, 6.45) is -0.394. The Morgan fingerprint density at radius 1 is 1.43 bits per heavy atom. The van der Waals surface area contributed by atoms with Crippen LogP contribution in [-0.4, -0.2) is 22.1 Å². The Morgan fingerprint density at radius 3 is 2.43 bits per heavy atom. The van der Waals surface area contributed by atoms with Gasteiger partial charge in [0, 0.05) is 7.11 Å². The lowest BCUT2D eigenvalue weighted by molar-refractivity contribution is -0.138. The zero-order valence-corrected chi connectivity index (χ0v) is 9.84. The molecule has 3 nitrogen and oxygen atoms in total. The van der Waals surface area contributed by atoms with Gasteiger partial charge in [-0.1, -0.05) is 52.9 Å². The molecular weight excluding hydrogens is 295 g/mol. The van der Waals surface area contributed by atoms with Crippen LogP contribution in [0.25, 0.3) is 0 Å². The molecule has 1 aromatic carbocycles. The van der Waals surface area contributed by atoms with E-state index in [1.54, 1.807) is 0 Å². The standard InChI is InChI=1S/C10H11IO3/c1-14-9(8(11)10(12)13)7-5-3-2-4-6-7/h2-6,8-9H,1H3,(H,12,13). The van der Waals surface area contributed by atoms with Gasteiger partial charge in [-0.15, -0.1) is 0 Å². The maximum absolute atomic E-state index is 10.8. The molecule has 0 bridgehead atoms. The van der Waals surface area contributed by atoms with Crippen LogP contribution < -0.4 is 0 Å². The maximum atomic E-state index is 10.8. The van der Waals surface area contributed by atoms with Gasteiger partial charge < -0.3 is 9.84 Å². The van der Waals surface area contributed by atoms with Crippen molar-refractivity contribution >= 4 is 28.6 Å². The molecule has 1 N–H and O–H groups in total. The van der Waals surface area contributed by atoms with Crippen molar-refractivity contribution in [2.24, 2.45) is 0 Å². The third-order valence-electron chi connectivity index (χ3n) is 1.88. The fraction of sp³-hybridized carbons (Fsp3) is 0.300. The Bertz CT molecular complexity index is 299. The van der Waals surface area contributed by atoms with Crippen molar-refractivity contribution in [1.29, 1.82) is 0 Å². The number of ether oxygens (including phenoxy) is 1. The summed E-state index contributed by atoms with van der Waals surface area (Å²) in [5.41, 5.74) is 0.886. The van der Waals surface area contributed by atoms with E-state index >= 15 is 0 Å². The summed E-state index contributed by atoms with van der Waals surface area (Å²) >= 11 is 1.87. The number of carboxylic acid groups (broad SMARTS) is 1. The smallest absolute Gasteiger partial charge is 0.319 e. The van der Waals surface area contributed by atoms with Gasteiger partial charge >= 0.3 is 5.97 Å². The number of methoxy groups -OCH3 is 1. The second-order valence-corrected chi connectivity index (χ2v) is 4.15. The van der Waals surface area contributed by atoms with Crippen LogP contribution >= 0.6 is 22.6 Å². The normalized spacial score (nSPS) is 14.7. The van der Waals surface area contributed by atoms with Crippen LogP contribution in [0, 0.1) is 0 Å². The second kappa shape index (κ2) is 5.31. The second-order valence-electron chi connectivity index (χ2n) is 2.81. The molecule has 0 fully saturated rings. The summed E-state index contributed by atoms with van der Waals surface area (Å²) < 4.78 is 4.60. The Hall–Kier alpha value is -0.620. The molecule has 4 heteroatoms. The lowest BCUT2D eigenvalue weighted by atomic mass is 10.1. The number of alkyl halides is 1. The molecule has 0 saturated heterocycles. The quantitative estimate of drug-likeness (QED) is 0.685. The van der Waals surface area contributed by atoms with Crippen LogP contribution in [0.4, 0.5) is 0 Å². The fourth-order valence-electron chi connectivity index (χ4n) is 1.20. The molecule has 0 aliphatic carbocycles. The van der Waals surface area contributed by atoms with Gasteiger partial charge in [0.05, 0.1) is 0 Å². The number of hydrogen-bond acceptors (Lipinski definition) is 2. The van der Waals surface area contributed by atoms with Gasteiger partial charge in [-0.25, -0.2) is 0 Å². The van der Waals surface area contributed by atoms with Gasteiger partial charge in [-0.3, -0.25) is 4.79 Å². The third-order valence-corrected chi connectivity index (χ3v) is 3.07. The number of benzene rings is 1. The first-order valence-electron chi connectivity index (χ1n) is 4.11. The fourth-order valence-corrected chi connectivity index (χ4v) is 1.91. The SMILES string of the molecule is COC(c1ccccc1)C(I)C(=O)O. The summed E-state index contributed by atoms with van der Waals surface area (Å²) in [6, 6.07) is 9.35. The summed E-state index contributed by atoms with van der Waals surface area (Å²) in [4.78, 5) is 10.8. The first-order chi connectivity index (χ1) is 6.66. The molecule has 0 heterocycles. The molecule has 1 aromatic rings. The van der Waals surface area contributed by atoms with E-state index in [0.717, 1.165) is 5.56 Å². The van der Waals surface area contributed by atoms with Gasteiger partial charge in [-0.05, 0) is 5.56 Å². The topological polar surface area (TPSA) is 46.5 Å². The molecule has 76 valence electrons. The highest BCUT2D eigenvalue weighted by molar-refractivity contribution is 14.1. The molecule has 14 heavy (non-hydrogen) atoms. The first-order valence-corrected chi connectivity index (χ1v) is 5.36. The molecule has 0 spiro atoms. The summed E-state index contributed by atoms with van der Waals surface area (Å²) in [5.74, 6) is -0.860. The summed E-state index contributed by atoms with van der Waals surface area (Å²) in [5, 5.41) is 8.86. The average Bonchev–Trinajstić information content (AvgIpc) is 2.20. The number of rotatable bonds is 4. The van der Waals surface area contributed by atoms with Gasteiger partial charge in [0.25, 0.3) is 0 Å². The van der Waals surface area contributed by atoms with Crippen LogP contribution in [0.5, 0.6) is 0 Å². The van der Waals surface area contributed by atoms with Crippen molar-refractivity contribution < 1.29 is 14.6 Å². The number of hydrogen-bond donors (Lipinski definition) is 1. The van der Waals surface area contributed by atoms with Crippen LogP contribution in [0.1, 0.15) is 11.7 Å². The molecule has 0 aromatic heterocycles. The molecule has 0 radical (unpaired) electrons. The predicted octanol–water partition coefficient (Wildman–Crippen LogP) is 2.26. The largest absolute Gasteiger partial charge is 0.480 e. The van der Waals surface area contributed by atoms with Gasteiger partial charge in [0.15, 0.2) is 0 Å². The Balaban J connectivity index is 2.87. The molecule has 2 atom stereocenters. The van der Waals surface area contributed by atoms with Crippen LogP contribution in [-0.2, 0) is 9.53 Å². The zero-order valence-electron chi connectivity index (χ0n) is 7.68. The monoisotopic (exact) mass is 306 g/mol. The lowest BCUT2D eigenvalue weighted by Gasteiger charge is -2.18. The highest BCUT2D eigenvalue weighted by atomic mass is 127. The van der Waals surface area contributed by atoms with Gasteiger partial charge in [-0.2, -0.15) is 0 Å². The van der Waals surface area contributed by atoms with E-state index in [4.69, 9.17) is 9.84 Å². The minimum absolute atomic E-state index is 0.394. The van der Waals surface area contributed by atoms with Crippen molar-refractivity contribution in [3.8, 4) is 0 Å². The molecule has 0 aliphatic heterocycles. The minimum Gasteiger partial charge on any atom is -0.480 e. The molecular formula is C10H11IO3. The highest BCUT2D eigenvalue weighted by Crippen LogP contribution is 2.26. The maximum Gasteiger partial charge on any atom is 0.319 e. The van der Waals surface area contributed by atoms with E-state index in [9.17, 15) is 4.79 Å². The molecule has 0 saturated carbocycles. The molecule has 0 amide bonds. The van der Waals surface area contributed by atoms with Crippen molar-refractivity contribution in [2.75, 3.05) is 7.11 Å². The summed E-state index contributed by atoms with van der Waals surface area (Å²) in [7, 11) is 1.52. The van der Waals surface area contributed by atoms with Crippen molar-refractivity contribution in [3.63, 3.8) is 0 Å². The van der Waals surface area contributed by atoms with E-state index in [0.29, 0.717) is 0 Å². The van der Waals surface area contributed by atoms with E-state index in [1.165, 1.54) is 7.11 Å². The van der Waals surface area contributed by atoms with E-state index in [-0.39, 0.29) is 0 Å². The van der Waals surface area contributed by atoms with Crippen LogP contribution in [0.15, 0.2) is 30.3 Å². The molecule has 1 rings (SSSR count). The molecule has 0 aliphatic rings. The minimum atomic E-state index is -0.860.